The molecule has 0 amide bonds. The quantitative estimate of drug-likeness (QED) is 0.123. The van der Waals surface area contributed by atoms with E-state index in [1.54, 1.807) is 0 Å². The van der Waals surface area contributed by atoms with Gasteiger partial charge in [-0.25, -0.2) is 0 Å². The summed E-state index contributed by atoms with van der Waals surface area (Å²) in [7, 11) is -48.5. The number of phosphoric acid groups is 9. The topological polar surface area (TPSA) is 1050 Å². The van der Waals surface area contributed by atoms with E-state index in [2.05, 4.69) is 0 Å². The Bertz CT molecular complexity index is 879. The normalized spacial score (nSPS) is 6.40. The van der Waals surface area contributed by atoms with Crippen LogP contribution in [-0.4, -0.2) is 353 Å². The maximum Gasteiger partial charge on any atom is 3.00 e. The molecule has 0 bridgehead atoms. The van der Waals surface area contributed by atoms with Crippen LogP contribution in [0.15, 0.2) is 0 Å². The Kier molecular flexibility index (Phi) is 800. The number of halogens is 9. The van der Waals surface area contributed by atoms with Gasteiger partial charge in [-0.05, 0) is 0 Å². The molecule has 9 N–H and O–H groups in total. The van der Waals surface area contributed by atoms with E-state index in [0.29, 0.717) is 0 Å². The van der Waals surface area contributed by atoms with Crippen molar-refractivity contribution in [3.63, 3.8) is 0 Å². The molecule has 83 heavy (non-hydrogen) atoms. The van der Waals surface area contributed by atoms with Crippen LogP contribution in [0.2, 0.25) is 0 Å². The maximum atomic E-state index is 8.55. The Labute approximate surface area is 794 Å². The Morgan fingerprint density at radius 1 is 0.145 bits per heavy atom. The summed E-state index contributed by atoms with van der Waals surface area (Å²) >= 11 is 0. The molecule has 0 spiro atoms. The van der Waals surface area contributed by atoms with Crippen molar-refractivity contribution in [2.75, 3.05) is 0 Å². The molecule has 0 unspecified atom stereocenters. The van der Waals surface area contributed by atoms with E-state index in [4.69, 9.17) is 173 Å². The van der Waals surface area contributed by atoms with Crippen LogP contribution in [0.5, 0.6) is 0 Å². The van der Waals surface area contributed by atoms with Gasteiger partial charge in [0.05, 0.1) is 0 Å². The molecule has 0 saturated heterocycles. The molecular formula is H9Ca5F9Fe5Mg5Mn5O45P9. The Morgan fingerprint density at radius 3 is 0.145 bits per heavy atom. The van der Waals surface area contributed by atoms with Gasteiger partial charge >= 0.3 is 475 Å². The van der Waals surface area contributed by atoms with Gasteiger partial charge in [-0.1, -0.05) is 0 Å². The third kappa shape index (κ3) is 3770. The average molecular weight is 2050 g/mol. The van der Waals surface area contributed by atoms with Crippen molar-refractivity contribution in [2.45, 2.75) is 0 Å². The summed E-state index contributed by atoms with van der Waals surface area (Å²) in [6.45, 7) is 0. The van der Waals surface area contributed by atoms with Crippen molar-refractivity contribution >= 4 is 374 Å². The molecule has 0 aromatic rings. The molecule has 0 aliphatic heterocycles. The van der Waals surface area contributed by atoms with Crippen LogP contribution in [-0.2, 0) is 212 Å². The van der Waals surface area contributed by atoms with Gasteiger partial charge in [0.2, 0.25) is 0 Å². The number of rotatable bonds is 0. The number of hydrogen-bond acceptors (Lipinski definition) is 45. The molecule has 10 radical (unpaired) electrons. The molecule has 0 aliphatic carbocycles. The second-order valence-electron chi connectivity index (χ2n) is 4.02. The van der Waals surface area contributed by atoms with Gasteiger partial charge in [-0.3, -0.25) is 0 Å². The van der Waals surface area contributed by atoms with E-state index in [0.717, 1.165) is 0 Å². The van der Waals surface area contributed by atoms with Gasteiger partial charge in [0, 0.05) is 0 Å². The molecule has 0 aromatic heterocycles. The molecule has 0 heterocycles. The van der Waals surface area contributed by atoms with Crippen LogP contribution in [0.4, 0.5) is 0 Å². The zero-order valence-corrected chi connectivity index (χ0v) is 74.5. The molecule has 0 aliphatic rings. The van der Waals surface area contributed by atoms with E-state index in [9.17, 15) is 0 Å². The summed E-state index contributed by atoms with van der Waals surface area (Å²) in [5, 5.41) is 0. The fraction of sp³-hybridized carbons (Fsp3) is 0. The Morgan fingerprint density at radius 2 is 0.145 bits per heavy atom. The molecule has 0 aromatic carbocycles. The predicted octanol–water partition coefficient (Wildman–Crippen LogP) is -57.8. The van der Waals surface area contributed by atoms with Gasteiger partial charge in [0.1, 0.15) is 0 Å². The third-order valence-corrected chi connectivity index (χ3v) is 0. The minimum Gasteiger partial charge on any atom is -1.00 e. The molecule has 45 nitrogen and oxygen atoms in total. The molecule has 0 fully saturated rings. The molecule has 83 heteroatoms. The second-order valence-corrected chi connectivity index (χ2v) is 12.1. The van der Waals surface area contributed by atoms with Crippen LogP contribution in [0.1, 0.15) is 0 Å². The second kappa shape index (κ2) is 188. The SMILES string of the molecule is O=P([O-])([O-])[O-].O=P([O-])([O-])[O-].O=P([O-])([O-])[O-].O=P([O-])([O-])[O-].O=P([O-])([O-])[O-].O=P([O-])([O-])[O-].O=P([O-])([O-])[O-].O=P([O-])([O-])[O-].O=P([O-])([O-])[O-].[Ca+2].[Ca+2].[Ca+2].[Ca+2].[Ca+2].[F-].[F-].[F-].[F-].[F-].[F-].[F-].[F-].[F-].[Fe+3].[Fe+3].[Fe+3].[Fe+3].[Fe+3].[Mg+2].[Mg+2].[Mg+2].[Mg+2].[Mg+2].[Mn+2].[Mn+2].[Mn+2].[Mn+2].[Mn+2].[OH-].[OH-].[OH-].[OH-].[OH-].[OH-].[OH-].[OH-].[OH-]. The molecule has 0 rings (SSSR count). The molecular weight excluding hydrogens is 2050 g/mol. The Balaban J connectivity index is -0.00000000369. The summed E-state index contributed by atoms with van der Waals surface area (Å²) in [4.78, 5) is 231. The zero-order chi connectivity index (χ0) is 40.5. The van der Waals surface area contributed by atoms with Crippen molar-refractivity contribution in [3.05, 3.63) is 0 Å². The van der Waals surface area contributed by atoms with Crippen molar-refractivity contribution in [2.24, 2.45) is 0 Å². The van der Waals surface area contributed by atoms with E-state index >= 15 is 0 Å². The van der Waals surface area contributed by atoms with E-state index < -0.39 is 70.4 Å². The maximum absolute atomic E-state index is 8.55. The smallest absolute Gasteiger partial charge is 1.00 e. The van der Waals surface area contributed by atoms with Crippen LogP contribution < -0.4 is 174 Å². The van der Waals surface area contributed by atoms with Crippen LogP contribution in [0.3, 0.4) is 0 Å². The summed E-state index contributed by atoms with van der Waals surface area (Å²) in [6, 6.07) is 0. The fourth-order valence-electron chi connectivity index (χ4n) is 0. The Hall–Kier alpha value is 15.3. The van der Waals surface area contributed by atoms with Crippen molar-refractivity contribution in [1.82, 2.24) is 0 Å². The van der Waals surface area contributed by atoms with Gasteiger partial charge < -0.3 is 265 Å². The monoisotopic (exact) mass is 2050 g/mol. The summed E-state index contributed by atoms with van der Waals surface area (Å²) < 4.78 is 76.9. The summed E-state index contributed by atoms with van der Waals surface area (Å²) in [5.74, 6) is 0. The van der Waals surface area contributed by atoms with Crippen LogP contribution in [0.25, 0.3) is 0 Å². The molecule has 0 saturated carbocycles. The van der Waals surface area contributed by atoms with E-state index in [1.165, 1.54) is 0 Å². The van der Waals surface area contributed by atoms with Gasteiger partial charge in [-0.2, -0.15) is 70.4 Å². The average Bonchev–Trinajstić information content (AvgIpc) is 2.26. The van der Waals surface area contributed by atoms with E-state index in [-0.39, 0.29) is 566 Å². The van der Waals surface area contributed by atoms with E-state index in [1.807, 2.05) is 0 Å². The van der Waals surface area contributed by atoms with Gasteiger partial charge in [0.25, 0.3) is 0 Å². The fourth-order valence-corrected chi connectivity index (χ4v) is 0. The molecule has 0 atom stereocenters. The molecule has 482 valence electrons. The predicted molar refractivity (Wildman–Crippen MR) is 143 cm³/mol. The van der Waals surface area contributed by atoms with Crippen LogP contribution >= 0.6 is 70.4 Å². The first-order valence-corrected chi connectivity index (χ1v) is 19.7. The summed E-state index contributed by atoms with van der Waals surface area (Å²) in [6.07, 6.45) is 0. The summed E-state index contributed by atoms with van der Waals surface area (Å²) in [5.41, 5.74) is 0. The first kappa shape index (κ1) is 354. The number of hydrogen-bond donors (Lipinski definition) is 0. The largest absolute Gasteiger partial charge is 3.00 e. The first-order valence-electron chi connectivity index (χ1n) is 6.57. The van der Waals surface area contributed by atoms with Crippen molar-refractivity contribution in [3.8, 4) is 0 Å². The minimum absolute atomic E-state index is 0. The standard InChI is InChI=1S/5Ca.9FH.5Fe.5Mg.5Mn.9H3O4P.9H2O/c;;;;;;;;;;;;;;;;;;;;;;;;;;;;;9*1-5(2,3)4;;;;;;;;;/h;;;;;9*1H;;;;;;;;;;;;;;;;9*(H3,1,2,3,4);9*1H2/q5*+2;;;;;;;;;;5*+3;10*+2;;;;;;;;;;;;;;;;;;/p-45. The van der Waals surface area contributed by atoms with Gasteiger partial charge in [-0.15, -0.1) is 0 Å². The zero-order valence-electron chi connectivity index (χ0n) is 36.9. The van der Waals surface area contributed by atoms with Gasteiger partial charge in [0.15, 0.2) is 0 Å². The van der Waals surface area contributed by atoms with Crippen molar-refractivity contribution < 1.29 is 436 Å². The minimum atomic E-state index is -5.39. The van der Waals surface area contributed by atoms with Crippen molar-refractivity contribution in [1.29, 1.82) is 0 Å². The van der Waals surface area contributed by atoms with Crippen LogP contribution in [0, 0.1) is 0 Å². The first-order chi connectivity index (χ1) is 18.0. The third-order valence-electron chi connectivity index (χ3n) is 0.